The average molecular weight is 352 g/mol. The number of benzene rings is 1. The zero-order chi connectivity index (χ0) is 16.7. The van der Waals surface area contributed by atoms with Crippen LogP contribution in [-0.2, 0) is 0 Å². The highest BCUT2D eigenvalue weighted by Crippen LogP contribution is 2.21. The number of H-pyrrole nitrogens is 1. The van der Waals surface area contributed by atoms with E-state index in [4.69, 9.17) is 28.5 Å². The van der Waals surface area contributed by atoms with E-state index in [0.717, 1.165) is 37.0 Å². The van der Waals surface area contributed by atoms with Crippen molar-refractivity contribution in [2.75, 3.05) is 31.4 Å². The number of Topliss-reactive ketones (excluding diaryl/α,β-unsaturated/α-hetero) is 1. The van der Waals surface area contributed by atoms with Gasteiger partial charge >= 0.3 is 0 Å². The van der Waals surface area contributed by atoms with Crippen molar-refractivity contribution in [3.63, 3.8) is 0 Å². The van der Waals surface area contributed by atoms with E-state index >= 15 is 0 Å². The van der Waals surface area contributed by atoms with Crippen LogP contribution in [-0.4, -0.2) is 47.1 Å². The third kappa shape index (κ3) is 4.71. The topological polar surface area (TPSA) is 59.9 Å². The fraction of sp³-hybridized carbons (Fsp3) is 0.412. The van der Waals surface area contributed by atoms with Crippen molar-refractivity contribution in [2.24, 2.45) is 0 Å². The second kappa shape index (κ2) is 8.93. The Hall–Kier alpha value is -1.54. The summed E-state index contributed by atoms with van der Waals surface area (Å²) in [5, 5.41) is 9.81. The molecule has 6 heteroatoms. The number of fused-ring (bicyclic) bond motifs is 1. The van der Waals surface area contributed by atoms with Crippen LogP contribution in [0.15, 0.2) is 24.4 Å². The zero-order valence-electron chi connectivity index (χ0n) is 12.8. The van der Waals surface area contributed by atoms with E-state index in [2.05, 4.69) is 16.0 Å². The SMILES string of the molecule is N#Cc1ccc2[nH]cc(C(=O)CCCN(CCCl)CCCl)c2c1. The second-order valence-electron chi connectivity index (χ2n) is 5.32. The summed E-state index contributed by atoms with van der Waals surface area (Å²) in [5.41, 5.74) is 2.08. The number of nitrogens with zero attached hydrogens (tertiary/aromatic N) is 2. The molecule has 0 aliphatic rings. The minimum atomic E-state index is 0.0861. The second-order valence-corrected chi connectivity index (χ2v) is 6.08. The predicted octanol–water partition coefficient (Wildman–Crippen LogP) is 3.78. The van der Waals surface area contributed by atoms with E-state index in [0.29, 0.717) is 29.3 Å². The quantitative estimate of drug-likeness (QED) is 0.552. The highest BCUT2D eigenvalue weighted by Gasteiger charge is 2.13. The summed E-state index contributed by atoms with van der Waals surface area (Å²) in [6, 6.07) is 7.43. The molecule has 0 atom stereocenters. The van der Waals surface area contributed by atoms with Gasteiger partial charge in [0.15, 0.2) is 5.78 Å². The number of halogens is 2. The Morgan fingerprint density at radius 2 is 1.96 bits per heavy atom. The van der Waals surface area contributed by atoms with Crippen molar-refractivity contribution >= 4 is 39.9 Å². The van der Waals surface area contributed by atoms with E-state index in [1.54, 1.807) is 18.3 Å². The van der Waals surface area contributed by atoms with E-state index in [1.807, 2.05) is 6.07 Å². The molecule has 0 saturated heterocycles. The lowest BCUT2D eigenvalue weighted by Gasteiger charge is -2.19. The van der Waals surface area contributed by atoms with Gasteiger partial charge in [-0.15, -0.1) is 23.2 Å². The first-order chi connectivity index (χ1) is 11.2. The average Bonchev–Trinajstić information content (AvgIpc) is 2.98. The molecule has 1 heterocycles. The van der Waals surface area contributed by atoms with Gasteiger partial charge in [-0.05, 0) is 31.2 Å². The van der Waals surface area contributed by atoms with E-state index in [-0.39, 0.29) is 5.78 Å². The fourth-order valence-corrected chi connectivity index (χ4v) is 3.07. The number of nitriles is 1. The third-order valence-corrected chi connectivity index (χ3v) is 4.13. The molecule has 2 rings (SSSR count). The number of hydrogen-bond donors (Lipinski definition) is 1. The molecule has 0 fully saturated rings. The number of hydrogen-bond acceptors (Lipinski definition) is 3. The van der Waals surface area contributed by atoms with Gasteiger partial charge in [0, 0.05) is 53.9 Å². The van der Waals surface area contributed by atoms with Gasteiger partial charge in [-0.2, -0.15) is 5.26 Å². The summed E-state index contributed by atoms with van der Waals surface area (Å²) < 4.78 is 0. The van der Waals surface area contributed by atoms with E-state index < -0.39 is 0 Å². The molecule has 23 heavy (non-hydrogen) atoms. The lowest BCUT2D eigenvalue weighted by atomic mass is 10.0. The monoisotopic (exact) mass is 351 g/mol. The van der Waals surface area contributed by atoms with Crippen LogP contribution < -0.4 is 0 Å². The zero-order valence-corrected chi connectivity index (χ0v) is 14.3. The molecular formula is C17H19Cl2N3O. The molecule has 0 unspecified atom stereocenters. The number of carbonyl (C=O) groups excluding carboxylic acids is 1. The van der Waals surface area contributed by atoms with E-state index in [1.165, 1.54) is 0 Å². The Kier molecular flexibility index (Phi) is 6.91. The number of ketones is 1. The Morgan fingerprint density at radius 3 is 2.61 bits per heavy atom. The standard InChI is InChI=1S/C17H19Cl2N3O/c18-5-8-22(9-6-19)7-1-2-17(23)15-12-21-16-4-3-13(11-20)10-14(15)16/h3-4,10,12,21H,1-2,5-9H2. The highest BCUT2D eigenvalue weighted by atomic mass is 35.5. The Morgan fingerprint density at radius 1 is 1.22 bits per heavy atom. The largest absolute Gasteiger partial charge is 0.360 e. The molecule has 1 N–H and O–H groups in total. The van der Waals surface area contributed by atoms with Crippen LogP contribution in [0, 0.1) is 11.3 Å². The summed E-state index contributed by atoms with van der Waals surface area (Å²) in [6.45, 7) is 2.36. The maximum atomic E-state index is 12.4. The first-order valence-electron chi connectivity index (χ1n) is 7.58. The first kappa shape index (κ1) is 17.8. The van der Waals surface area contributed by atoms with Gasteiger partial charge in [0.05, 0.1) is 11.6 Å². The maximum Gasteiger partial charge on any atom is 0.165 e. The van der Waals surface area contributed by atoms with Crippen molar-refractivity contribution in [3.8, 4) is 6.07 Å². The summed E-state index contributed by atoms with van der Waals surface area (Å²) in [5.74, 6) is 1.21. The molecule has 1 aromatic carbocycles. The van der Waals surface area contributed by atoms with Gasteiger partial charge in [-0.1, -0.05) is 0 Å². The number of rotatable bonds is 9. The molecule has 0 spiro atoms. The molecule has 0 amide bonds. The van der Waals surface area contributed by atoms with Gasteiger partial charge in [0.25, 0.3) is 0 Å². The Balaban J connectivity index is 1.99. The lowest BCUT2D eigenvalue weighted by molar-refractivity contribution is 0.0977. The number of aromatic amines is 1. The van der Waals surface area contributed by atoms with Crippen LogP contribution in [0.5, 0.6) is 0 Å². The van der Waals surface area contributed by atoms with Crippen LogP contribution >= 0.6 is 23.2 Å². The molecule has 4 nitrogen and oxygen atoms in total. The number of aromatic nitrogens is 1. The smallest absolute Gasteiger partial charge is 0.165 e. The summed E-state index contributed by atoms with van der Waals surface area (Å²) in [4.78, 5) is 17.7. The minimum Gasteiger partial charge on any atom is -0.360 e. The molecule has 0 bridgehead atoms. The van der Waals surface area contributed by atoms with Gasteiger partial charge in [0.2, 0.25) is 0 Å². The highest BCUT2D eigenvalue weighted by molar-refractivity contribution is 6.18. The normalized spacial score (nSPS) is 11.0. The third-order valence-electron chi connectivity index (χ3n) is 3.79. The van der Waals surface area contributed by atoms with Gasteiger partial charge < -0.3 is 9.88 Å². The number of nitrogens with one attached hydrogen (secondary N) is 1. The van der Waals surface area contributed by atoms with Crippen LogP contribution in [0.4, 0.5) is 0 Å². The molecule has 1 aromatic heterocycles. The van der Waals surface area contributed by atoms with Crippen molar-refractivity contribution < 1.29 is 4.79 Å². The van der Waals surface area contributed by atoms with Crippen LogP contribution in [0.2, 0.25) is 0 Å². The maximum absolute atomic E-state index is 12.4. The fourth-order valence-electron chi connectivity index (χ4n) is 2.59. The summed E-state index contributed by atoms with van der Waals surface area (Å²) in [6.07, 6.45) is 2.95. The van der Waals surface area contributed by atoms with E-state index in [9.17, 15) is 4.79 Å². The molecule has 2 aromatic rings. The summed E-state index contributed by atoms with van der Waals surface area (Å²) >= 11 is 11.5. The Bertz CT molecular complexity index is 699. The van der Waals surface area contributed by atoms with Gasteiger partial charge in [-0.3, -0.25) is 4.79 Å². The van der Waals surface area contributed by atoms with Crippen molar-refractivity contribution in [1.29, 1.82) is 5.26 Å². The molecule has 122 valence electrons. The van der Waals surface area contributed by atoms with Crippen molar-refractivity contribution in [3.05, 3.63) is 35.5 Å². The summed E-state index contributed by atoms with van der Waals surface area (Å²) in [7, 11) is 0. The number of alkyl halides is 2. The van der Waals surface area contributed by atoms with Crippen molar-refractivity contribution in [2.45, 2.75) is 12.8 Å². The molecular weight excluding hydrogens is 333 g/mol. The lowest BCUT2D eigenvalue weighted by Crippen LogP contribution is -2.29. The van der Waals surface area contributed by atoms with Crippen LogP contribution in [0.1, 0.15) is 28.8 Å². The molecule has 0 radical (unpaired) electrons. The van der Waals surface area contributed by atoms with Gasteiger partial charge in [0.1, 0.15) is 0 Å². The van der Waals surface area contributed by atoms with Crippen LogP contribution in [0.3, 0.4) is 0 Å². The van der Waals surface area contributed by atoms with Crippen LogP contribution in [0.25, 0.3) is 10.9 Å². The van der Waals surface area contributed by atoms with Crippen molar-refractivity contribution in [1.82, 2.24) is 9.88 Å². The predicted molar refractivity (Wildman–Crippen MR) is 94.5 cm³/mol. The molecule has 0 aliphatic heterocycles. The minimum absolute atomic E-state index is 0.0861. The Labute approximate surface area is 146 Å². The molecule has 0 aliphatic carbocycles. The molecule has 0 saturated carbocycles. The number of carbonyl (C=O) groups is 1. The van der Waals surface area contributed by atoms with Gasteiger partial charge in [-0.25, -0.2) is 0 Å². The first-order valence-corrected chi connectivity index (χ1v) is 8.65.